The molecule has 1 amide bonds. The second-order valence-electron chi connectivity index (χ2n) is 8.96. The number of anilines is 2. The van der Waals surface area contributed by atoms with Crippen LogP contribution in [-0.4, -0.2) is 32.7 Å². The van der Waals surface area contributed by atoms with Crippen LogP contribution in [-0.2, 0) is 0 Å². The normalized spacial score (nSPS) is 11.1. The number of aromatic nitrogens is 2. The fraction of sp³-hybridized carbons (Fsp3) is 0.0667. The molecule has 5 rings (SSSR count). The minimum Gasteiger partial charge on any atom is -0.478 e. The van der Waals surface area contributed by atoms with E-state index in [1.54, 1.807) is 36.5 Å². The van der Waals surface area contributed by atoms with Gasteiger partial charge in [-0.25, -0.2) is 15.2 Å². The summed E-state index contributed by atoms with van der Waals surface area (Å²) < 4.78 is 1.95. The lowest BCUT2D eigenvalue weighted by Crippen LogP contribution is -2.17. The number of nitrogens with zero attached hydrogens (tertiary/aromatic N) is 3. The number of thiazole rings is 1. The van der Waals surface area contributed by atoms with Gasteiger partial charge in [0.25, 0.3) is 5.91 Å². The second kappa shape index (κ2) is 11.6. The molecule has 200 valence electrons. The highest BCUT2D eigenvalue weighted by atomic mass is 35.5. The molecule has 3 N–H and O–H groups in total. The number of nitrogens with one attached hydrogen (secondary N) is 2. The number of hydrogen-bond acceptors (Lipinski definition) is 6. The Balaban J connectivity index is 1.23. The molecule has 0 aliphatic carbocycles. The summed E-state index contributed by atoms with van der Waals surface area (Å²) in [7, 11) is 0. The third-order valence-corrected chi connectivity index (χ3v) is 7.24. The number of halogens is 1. The van der Waals surface area contributed by atoms with E-state index in [1.165, 1.54) is 11.3 Å². The van der Waals surface area contributed by atoms with E-state index in [9.17, 15) is 14.7 Å². The number of aromatic carboxylic acids is 1. The molecule has 2 heterocycles. The van der Waals surface area contributed by atoms with Crippen LogP contribution in [0.2, 0.25) is 5.02 Å². The predicted octanol–water partition coefficient (Wildman–Crippen LogP) is 7.08. The monoisotopic (exact) mass is 569 g/mol. The van der Waals surface area contributed by atoms with Gasteiger partial charge in [0.1, 0.15) is 0 Å². The average Bonchev–Trinajstić information content (AvgIpc) is 3.53. The van der Waals surface area contributed by atoms with Gasteiger partial charge in [-0.05, 0) is 74.5 Å². The number of hydrazone groups is 1. The molecule has 0 saturated carbocycles. The molecular formula is C30H24ClN5O3S. The zero-order valence-electron chi connectivity index (χ0n) is 21.6. The zero-order chi connectivity index (χ0) is 28.2. The van der Waals surface area contributed by atoms with Crippen molar-refractivity contribution in [3.05, 3.63) is 117 Å². The van der Waals surface area contributed by atoms with E-state index >= 15 is 0 Å². The van der Waals surface area contributed by atoms with Crippen molar-refractivity contribution in [1.29, 1.82) is 0 Å². The Kier molecular flexibility index (Phi) is 7.77. The highest BCUT2D eigenvalue weighted by Crippen LogP contribution is 2.28. The number of amides is 1. The Bertz CT molecular complexity index is 1720. The number of rotatable bonds is 8. The number of benzene rings is 3. The van der Waals surface area contributed by atoms with Crippen molar-refractivity contribution in [2.45, 2.75) is 13.8 Å². The van der Waals surface area contributed by atoms with Gasteiger partial charge in [-0.2, -0.15) is 5.10 Å². The molecule has 0 saturated heterocycles. The first-order chi connectivity index (χ1) is 19.3. The molecule has 0 aliphatic rings. The van der Waals surface area contributed by atoms with Gasteiger partial charge in [-0.15, -0.1) is 11.3 Å². The third kappa shape index (κ3) is 5.96. The van der Waals surface area contributed by atoms with E-state index in [0.717, 1.165) is 44.7 Å². The molecule has 0 unspecified atom stereocenters. The van der Waals surface area contributed by atoms with Gasteiger partial charge in [0.15, 0.2) is 5.13 Å². The summed E-state index contributed by atoms with van der Waals surface area (Å²) in [5.74, 6) is -1.32. The van der Waals surface area contributed by atoms with Crippen molar-refractivity contribution in [2.75, 3.05) is 5.32 Å². The maximum atomic E-state index is 12.7. The largest absolute Gasteiger partial charge is 0.478 e. The summed E-state index contributed by atoms with van der Waals surface area (Å²) in [4.78, 5) is 28.7. The summed E-state index contributed by atoms with van der Waals surface area (Å²) in [6.07, 6.45) is 1.58. The molecule has 0 atom stereocenters. The lowest BCUT2D eigenvalue weighted by molar-refractivity contribution is 0.0696. The molecular weight excluding hydrogens is 546 g/mol. The van der Waals surface area contributed by atoms with Gasteiger partial charge in [0, 0.05) is 49.9 Å². The summed E-state index contributed by atoms with van der Waals surface area (Å²) >= 11 is 7.43. The maximum Gasteiger partial charge on any atom is 0.335 e. The first-order valence-corrected chi connectivity index (χ1v) is 13.5. The van der Waals surface area contributed by atoms with Crippen molar-refractivity contribution in [3.8, 4) is 16.9 Å². The molecule has 2 aromatic heterocycles. The molecule has 0 fully saturated rings. The minimum absolute atomic E-state index is 0.211. The number of carboxylic acid groups (broad SMARTS) is 1. The van der Waals surface area contributed by atoms with Gasteiger partial charge in [0.2, 0.25) is 0 Å². The van der Waals surface area contributed by atoms with E-state index < -0.39 is 5.97 Å². The lowest BCUT2D eigenvalue weighted by Gasteiger charge is -2.10. The average molecular weight is 570 g/mol. The zero-order valence-corrected chi connectivity index (χ0v) is 23.1. The molecule has 0 aliphatic heterocycles. The summed E-state index contributed by atoms with van der Waals surface area (Å²) in [6, 6.07) is 23.2. The van der Waals surface area contributed by atoms with Crippen LogP contribution in [0.3, 0.4) is 0 Å². The van der Waals surface area contributed by atoms with Crippen molar-refractivity contribution in [2.24, 2.45) is 5.10 Å². The van der Waals surface area contributed by atoms with E-state index in [2.05, 4.69) is 20.8 Å². The summed E-state index contributed by atoms with van der Waals surface area (Å²) in [6.45, 7) is 3.84. The van der Waals surface area contributed by atoms with Crippen molar-refractivity contribution in [1.82, 2.24) is 15.0 Å². The predicted molar refractivity (Wildman–Crippen MR) is 160 cm³/mol. The summed E-state index contributed by atoms with van der Waals surface area (Å²) in [5.41, 5.74) is 9.17. The molecule has 10 heteroatoms. The van der Waals surface area contributed by atoms with Crippen LogP contribution >= 0.6 is 22.9 Å². The molecule has 8 nitrogen and oxygen atoms in total. The van der Waals surface area contributed by atoms with Gasteiger partial charge < -0.3 is 15.0 Å². The van der Waals surface area contributed by atoms with Crippen LogP contribution in [0.15, 0.2) is 89.3 Å². The number of hydrogen-bond donors (Lipinski definition) is 3. The van der Waals surface area contributed by atoms with E-state index in [0.29, 0.717) is 10.6 Å². The van der Waals surface area contributed by atoms with Crippen molar-refractivity contribution < 1.29 is 14.7 Å². The highest BCUT2D eigenvalue weighted by molar-refractivity contribution is 7.14. The quantitative estimate of drug-likeness (QED) is 0.137. The molecule has 40 heavy (non-hydrogen) atoms. The molecule has 0 bridgehead atoms. The van der Waals surface area contributed by atoms with E-state index in [4.69, 9.17) is 11.6 Å². The number of carbonyl (C=O) groups is 2. The second-order valence-corrected chi connectivity index (χ2v) is 10.3. The molecule has 5 aromatic rings. The van der Waals surface area contributed by atoms with Crippen LogP contribution in [0.4, 0.5) is 10.8 Å². The Morgan fingerprint density at radius 3 is 2.48 bits per heavy atom. The Hall–Kier alpha value is -4.73. The van der Waals surface area contributed by atoms with Gasteiger partial charge >= 0.3 is 5.97 Å². The SMILES string of the molecule is Cc1cc(/C=N\NC(=O)c2ccc(-c3csc(Nc4ccc(Cl)cc4)n3)cc2)c(C)n1-c1cccc(C(=O)O)c1. The van der Waals surface area contributed by atoms with Crippen molar-refractivity contribution >= 4 is 51.8 Å². The topological polar surface area (TPSA) is 109 Å². The van der Waals surface area contributed by atoms with Crippen LogP contribution in [0, 0.1) is 13.8 Å². The molecule has 0 radical (unpaired) electrons. The Morgan fingerprint density at radius 1 is 1.00 bits per heavy atom. The number of carbonyl (C=O) groups excluding carboxylic acids is 1. The summed E-state index contributed by atoms with van der Waals surface area (Å²) in [5, 5.41) is 20.1. The van der Waals surface area contributed by atoms with Crippen LogP contribution in [0.5, 0.6) is 0 Å². The molecule has 3 aromatic carbocycles. The maximum absolute atomic E-state index is 12.7. The number of aryl methyl sites for hydroxylation is 1. The smallest absolute Gasteiger partial charge is 0.335 e. The van der Waals surface area contributed by atoms with E-state index in [-0.39, 0.29) is 11.5 Å². The van der Waals surface area contributed by atoms with Crippen molar-refractivity contribution in [3.63, 3.8) is 0 Å². The van der Waals surface area contributed by atoms with Crippen LogP contribution in [0.25, 0.3) is 16.9 Å². The van der Waals surface area contributed by atoms with Gasteiger partial charge in [-0.1, -0.05) is 29.8 Å². The Labute approximate surface area is 239 Å². The first kappa shape index (κ1) is 26.9. The van der Waals surface area contributed by atoms with E-state index in [1.807, 2.05) is 72.3 Å². The van der Waals surface area contributed by atoms with Crippen LogP contribution in [0.1, 0.15) is 37.7 Å². The standard InChI is InChI=1S/C30H24ClN5O3S/c1-18-14-23(19(2)36(18)26-5-3-4-22(15-26)29(38)39)16-32-35-28(37)21-8-6-20(7-9-21)27-17-40-30(34-27)33-25-12-10-24(31)11-13-25/h3-17H,1-2H3,(H,33,34)(H,35,37)(H,38,39)/b32-16-. The Morgan fingerprint density at radius 2 is 1.75 bits per heavy atom. The first-order valence-electron chi connectivity index (χ1n) is 12.2. The highest BCUT2D eigenvalue weighted by Gasteiger charge is 2.12. The fourth-order valence-corrected chi connectivity index (χ4v) is 5.10. The molecule has 0 spiro atoms. The van der Waals surface area contributed by atoms with Gasteiger partial charge in [0.05, 0.1) is 17.5 Å². The van der Waals surface area contributed by atoms with Crippen LogP contribution < -0.4 is 10.7 Å². The lowest BCUT2D eigenvalue weighted by atomic mass is 10.1. The van der Waals surface area contributed by atoms with Gasteiger partial charge in [-0.3, -0.25) is 4.79 Å². The third-order valence-electron chi connectivity index (χ3n) is 6.23. The number of carboxylic acids is 1. The minimum atomic E-state index is -0.982. The fourth-order valence-electron chi connectivity index (χ4n) is 4.23.